The van der Waals surface area contributed by atoms with E-state index in [1.807, 2.05) is 30.3 Å². The van der Waals surface area contributed by atoms with Crippen LogP contribution in [0.15, 0.2) is 30.3 Å². The van der Waals surface area contributed by atoms with Crippen molar-refractivity contribution in [3.63, 3.8) is 0 Å². The van der Waals surface area contributed by atoms with E-state index in [-0.39, 0.29) is 0 Å². The molecule has 1 fully saturated rings. The second kappa shape index (κ2) is 4.95. The van der Waals surface area contributed by atoms with Crippen molar-refractivity contribution in [2.75, 3.05) is 20.3 Å². The lowest BCUT2D eigenvalue weighted by atomic mass is 9.94. The van der Waals surface area contributed by atoms with Crippen LogP contribution < -0.4 is 5.32 Å². The first kappa shape index (κ1) is 11.6. The average molecular weight is 221 g/mol. The van der Waals surface area contributed by atoms with Crippen LogP contribution in [-0.2, 0) is 10.3 Å². The molecular weight excluding hydrogens is 202 g/mol. The van der Waals surface area contributed by atoms with Gasteiger partial charge < -0.3 is 15.2 Å². The Kier molecular flexibility index (Phi) is 3.59. The molecule has 0 aromatic heterocycles. The van der Waals surface area contributed by atoms with Crippen LogP contribution in [0.1, 0.15) is 18.4 Å². The Morgan fingerprint density at radius 2 is 2.06 bits per heavy atom. The predicted octanol–water partition coefficient (Wildman–Crippen LogP) is 1.27. The Balaban J connectivity index is 2.06. The van der Waals surface area contributed by atoms with Crippen LogP contribution in [0, 0.1) is 0 Å². The highest BCUT2D eigenvalue weighted by Gasteiger charge is 2.32. The van der Waals surface area contributed by atoms with Gasteiger partial charge in [0.2, 0.25) is 0 Å². The van der Waals surface area contributed by atoms with Crippen molar-refractivity contribution in [1.29, 1.82) is 0 Å². The number of ether oxygens (including phenoxy) is 1. The van der Waals surface area contributed by atoms with Gasteiger partial charge in [-0.25, -0.2) is 0 Å². The van der Waals surface area contributed by atoms with Crippen LogP contribution in [-0.4, -0.2) is 31.4 Å². The largest absolute Gasteiger partial charge is 0.381 e. The van der Waals surface area contributed by atoms with E-state index in [9.17, 15) is 5.11 Å². The molecule has 2 N–H and O–H groups in total. The summed E-state index contributed by atoms with van der Waals surface area (Å²) in [5.41, 5.74) is -0.0106. The van der Waals surface area contributed by atoms with Gasteiger partial charge in [-0.3, -0.25) is 0 Å². The van der Waals surface area contributed by atoms with Crippen LogP contribution >= 0.6 is 0 Å². The lowest BCUT2D eigenvalue weighted by Crippen LogP contribution is -2.42. The fourth-order valence-corrected chi connectivity index (χ4v) is 1.82. The lowest BCUT2D eigenvalue weighted by molar-refractivity contribution is -0.0348. The quantitative estimate of drug-likeness (QED) is 0.760. The number of rotatable bonds is 6. The monoisotopic (exact) mass is 221 g/mol. The van der Waals surface area contributed by atoms with Gasteiger partial charge in [-0.2, -0.15) is 0 Å². The molecule has 0 radical (unpaired) electrons. The summed E-state index contributed by atoms with van der Waals surface area (Å²) in [6, 6.07) is 10.3. The van der Waals surface area contributed by atoms with E-state index in [4.69, 9.17) is 4.74 Å². The number of methoxy groups -OCH3 is 1. The summed E-state index contributed by atoms with van der Waals surface area (Å²) in [4.78, 5) is 0. The maximum Gasteiger partial charge on any atom is 0.125 e. The van der Waals surface area contributed by atoms with Crippen LogP contribution in [0.25, 0.3) is 0 Å². The van der Waals surface area contributed by atoms with Crippen molar-refractivity contribution in [3.05, 3.63) is 35.9 Å². The number of nitrogens with one attached hydrogen (secondary N) is 1. The van der Waals surface area contributed by atoms with E-state index < -0.39 is 5.60 Å². The van der Waals surface area contributed by atoms with E-state index in [0.717, 1.165) is 5.56 Å². The first-order valence-corrected chi connectivity index (χ1v) is 5.75. The zero-order valence-corrected chi connectivity index (χ0v) is 9.65. The molecule has 3 heteroatoms. The van der Waals surface area contributed by atoms with Gasteiger partial charge in [-0.15, -0.1) is 0 Å². The fourth-order valence-electron chi connectivity index (χ4n) is 1.82. The SMILES string of the molecule is COCC(O)(CNC1CC1)c1ccccc1. The Morgan fingerprint density at radius 3 is 2.62 bits per heavy atom. The van der Waals surface area contributed by atoms with Crippen molar-refractivity contribution in [2.24, 2.45) is 0 Å². The predicted molar refractivity (Wildman–Crippen MR) is 63.2 cm³/mol. The van der Waals surface area contributed by atoms with Crippen LogP contribution in [0.3, 0.4) is 0 Å². The van der Waals surface area contributed by atoms with Crippen molar-refractivity contribution in [2.45, 2.75) is 24.5 Å². The number of hydrogen-bond donors (Lipinski definition) is 2. The minimum absolute atomic E-state index is 0.316. The van der Waals surface area contributed by atoms with Gasteiger partial charge in [0.25, 0.3) is 0 Å². The third kappa shape index (κ3) is 2.82. The molecule has 0 amide bonds. The summed E-state index contributed by atoms with van der Waals surface area (Å²) >= 11 is 0. The first-order chi connectivity index (χ1) is 7.74. The van der Waals surface area contributed by atoms with Crippen molar-refractivity contribution >= 4 is 0 Å². The van der Waals surface area contributed by atoms with Gasteiger partial charge in [-0.1, -0.05) is 30.3 Å². The molecule has 0 heterocycles. The molecule has 0 saturated heterocycles. The normalized spacial score (nSPS) is 19.4. The molecule has 0 bridgehead atoms. The molecule has 1 atom stereocenters. The topological polar surface area (TPSA) is 41.5 Å². The molecule has 0 spiro atoms. The zero-order chi connectivity index (χ0) is 11.4. The zero-order valence-electron chi connectivity index (χ0n) is 9.65. The van der Waals surface area contributed by atoms with Gasteiger partial charge in [0.1, 0.15) is 5.60 Å². The van der Waals surface area contributed by atoms with E-state index in [1.54, 1.807) is 7.11 Å². The molecule has 3 nitrogen and oxygen atoms in total. The van der Waals surface area contributed by atoms with E-state index in [1.165, 1.54) is 12.8 Å². The summed E-state index contributed by atoms with van der Waals surface area (Å²) in [5, 5.41) is 13.9. The highest BCUT2D eigenvalue weighted by molar-refractivity contribution is 5.23. The molecule has 0 aliphatic heterocycles. The molecule has 1 aromatic carbocycles. The molecule has 88 valence electrons. The van der Waals surface area contributed by atoms with Gasteiger partial charge in [0.15, 0.2) is 0 Å². The molecule has 16 heavy (non-hydrogen) atoms. The molecule has 1 aliphatic carbocycles. The van der Waals surface area contributed by atoms with Crippen molar-refractivity contribution in [3.8, 4) is 0 Å². The summed E-state index contributed by atoms with van der Waals surface area (Å²) in [6.45, 7) is 0.867. The minimum atomic E-state index is -0.918. The second-order valence-corrected chi connectivity index (χ2v) is 4.49. The number of aliphatic hydroxyl groups is 1. The first-order valence-electron chi connectivity index (χ1n) is 5.75. The second-order valence-electron chi connectivity index (χ2n) is 4.49. The molecule has 1 saturated carbocycles. The Hall–Kier alpha value is -0.900. The molecule has 1 aliphatic rings. The Labute approximate surface area is 96.4 Å². The third-order valence-electron chi connectivity index (χ3n) is 2.95. The van der Waals surface area contributed by atoms with Gasteiger partial charge in [0.05, 0.1) is 6.61 Å². The summed E-state index contributed by atoms with van der Waals surface area (Å²) in [5.74, 6) is 0. The fraction of sp³-hybridized carbons (Fsp3) is 0.538. The number of hydrogen-bond acceptors (Lipinski definition) is 3. The van der Waals surface area contributed by atoms with Gasteiger partial charge in [-0.05, 0) is 18.4 Å². The summed E-state index contributed by atoms with van der Waals surface area (Å²) in [7, 11) is 1.62. The average Bonchev–Trinajstić information content (AvgIpc) is 3.12. The van der Waals surface area contributed by atoms with Gasteiger partial charge in [0, 0.05) is 19.7 Å². The van der Waals surface area contributed by atoms with E-state index in [2.05, 4.69) is 5.32 Å². The van der Waals surface area contributed by atoms with Crippen LogP contribution in [0.4, 0.5) is 0 Å². The van der Waals surface area contributed by atoms with Gasteiger partial charge >= 0.3 is 0 Å². The highest BCUT2D eigenvalue weighted by atomic mass is 16.5. The lowest BCUT2D eigenvalue weighted by Gasteiger charge is -2.28. The van der Waals surface area contributed by atoms with E-state index >= 15 is 0 Å². The molecule has 2 rings (SSSR count). The summed E-state index contributed by atoms with van der Waals surface area (Å²) in [6.07, 6.45) is 2.44. The standard InChI is InChI=1S/C13H19NO2/c1-16-10-13(15,9-14-12-7-8-12)11-5-3-2-4-6-11/h2-6,12,14-15H,7-10H2,1H3. The summed E-state index contributed by atoms with van der Waals surface area (Å²) < 4.78 is 5.12. The highest BCUT2D eigenvalue weighted by Crippen LogP contribution is 2.24. The molecular formula is C13H19NO2. The molecule has 1 unspecified atom stereocenters. The Bertz CT molecular complexity index is 324. The maximum atomic E-state index is 10.6. The van der Waals surface area contributed by atoms with Crippen LogP contribution in [0.5, 0.6) is 0 Å². The molecule has 1 aromatic rings. The smallest absolute Gasteiger partial charge is 0.125 e. The Morgan fingerprint density at radius 1 is 1.38 bits per heavy atom. The van der Waals surface area contributed by atoms with Crippen molar-refractivity contribution < 1.29 is 9.84 Å². The van der Waals surface area contributed by atoms with Crippen LogP contribution in [0.2, 0.25) is 0 Å². The number of benzene rings is 1. The van der Waals surface area contributed by atoms with E-state index in [0.29, 0.717) is 19.2 Å². The maximum absolute atomic E-state index is 10.6. The van der Waals surface area contributed by atoms with Crippen molar-refractivity contribution in [1.82, 2.24) is 5.32 Å². The minimum Gasteiger partial charge on any atom is -0.381 e. The third-order valence-corrected chi connectivity index (χ3v) is 2.95.